The maximum atomic E-state index is 14.0. The number of allylic oxidation sites excluding steroid dienone is 1. The van der Waals surface area contributed by atoms with Gasteiger partial charge < -0.3 is 0 Å². The van der Waals surface area contributed by atoms with Gasteiger partial charge in [0.25, 0.3) is 0 Å². The van der Waals surface area contributed by atoms with Crippen LogP contribution in [0, 0.1) is 0 Å². The molecular weight excluding hydrogens is 326 g/mol. The molecule has 0 nitrogen and oxygen atoms in total. The third-order valence-corrected chi connectivity index (χ3v) is 4.71. The van der Waals surface area contributed by atoms with E-state index >= 15 is 0 Å². The summed E-state index contributed by atoms with van der Waals surface area (Å²) in [6, 6.07) is 16.0. The molecule has 0 saturated heterocycles. The van der Waals surface area contributed by atoms with Gasteiger partial charge in [0.05, 0.1) is 0 Å². The Morgan fingerprint density at radius 3 is 1.65 bits per heavy atom. The number of benzene rings is 2. The van der Waals surface area contributed by atoms with E-state index in [1.165, 1.54) is 30.4 Å². The maximum Gasteiger partial charge on any atom is 0.161 e. The smallest absolute Gasteiger partial charge is 0.161 e. The van der Waals surface area contributed by atoms with E-state index in [1.807, 2.05) is 19.1 Å². The van der Waals surface area contributed by atoms with Crippen molar-refractivity contribution in [3.63, 3.8) is 0 Å². The van der Waals surface area contributed by atoms with Gasteiger partial charge in [0.15, 0.2) is 5.83 Å². The number of aryl methyl sites for hydroxylation is 3. The highest BCUT2D eigenvalue weighted by Crippen LogP contribution is 2.24. The van der Waals surface area contributed by atoms with E-state index in [1.54, 1.807) is 12.1 Å². The van der Waals surface area contributed by atoms with E-state index in [2.05, 4.69) is 31.2 Å². The van der Waals surface area contributed by atoms with Crippen LogP contribution in [0.2, 0.25) is 0 Å². The second kappa shape index (κ2) is 10.9. The van der Waals surface area contributed by atoms with Crippen molar-refractivity contribution >= 4 is 5.83 Å². The topological polar surface area (TPSA) is 0 Å². The SMILES string of the molecule is CCCCCc1ccc(CCc2ccc(/C(F)=C(/F)CCC)cc2)cc1. The molecule has 0 N–H and O–H groups in total. The Morgan fingerprint density at radius 1 is 0.654 bits per heavy atom. The van der Waals surface area contributed by atoms with Crippen LogP contribution in [0.15, 0.2) is 54.4 Å². The van der Waals surface area contributed by atoms with Crippen LogP contribution in [0.5, 0.6) is 0 Å². The molecular formula is C24H30F2. The zero-order chi connectivity index (χ0) is 18.8. The summed E-state index contributed by atoms with van der Waals surface area (Å²) in [7, 11) is 0. The third-order valence-electron chi connectivity index (χ3n) is 4.71. The fourth-order valence-corrected chi connectivity index (χ4v) is 3.04. The molecule has 0 heterocycles. The molecule has 0 amide bonds. The Kier molecular flexibility index (Phi) is 8.53. The Hall–Kier alpha value is -1.96. The first kappa shape index (κ1) is 20.4. The van der Waals surface area contributed by atoms with E-state index in [0.29, 0.717) is 12.0 Å². The summed E-state index contributed by atoms with van der Waals surface area (Å²) in [5, 5.41) is 0. The fraction of sp³-hybridized carbons (Fsp3) is 0.417. The van der Waals surface area contributed by atoms with Crippen LogP contribution in [-0.4, -0.2) is 0 Å². The van der Waals surface area contributed by atoms with E-state index in [0.717, 1.165) is 24.8 Å². The van der Waals surface area contributed by atoms with Crippen LogP contribution in [0.1, 0.15) is 68.2 Å². The van der Waals surface area contributed by atoms with Crippen LogP contribution in [-0.2, 0) is 19.3 Å². The van der Waals surface area contributed by atoms with Gasteiger partial charge in [-0.2, -0.15) is 0 Å². The number of hydrogen-bond donors (Lipinski definition) is 0. The predicted octanol–water partition coefficient (Wildman–Crippen LogP) is 7.61. The summed E-state index contributed by atoms with van der Waals surface area (Å²) in [5.74, 6) is -1.38. The van der Waals surface area contributed by atoms with Gasteiger partial charge in [0.1, 0.15) is 5.83 Å². The van der Waals surface area contributed by atoms with Crippen molar-refractivity contribution in [1.29, 1.82) is 0 Å². The van der Waals surface area contributed by atoms with Crippen molar-refractivity contribution in [2.75, 3.05) is 0 Å². The molecule has 26 heavy (non-hydrogen) atoms. The van der Waals surface area contributed by atoms with Gasteiger partial charge in [-0.3, -0.25) is 0 Å². The molecule has 0 aromatic heterocycles. The van der Waals surface area contributed by atoms with Crippen molar-refractivity contribution in [3.05, 3.63) is 76.6 Å². The Labute approximate surface area is 157 Å². The minimum absolute atomic E-state index is 0.155. The van der Waals surface area contributed by atoms with Crippen LogP contribution in [0.4, 0.5) is 8.78 Å². The third kappa shape index (κ3) is 6.40. The molecule has 0 radical (unpaired) electrons. The molecule has 0 aliphatic heterocycles. The molecule has 2 aromatic carbocycles. The van der Waals surface area contributed by atoms with Crippen LogP contribution < -0.4 is 0 Å². The first-order valence-corrected chi connectivity index (χ1v) is 9.85. The average Bonchev–Trinajstić information content (AvgIpc) is 2.67. The molecule has 0 bridgehead atoms. The fourth-order valence-electron chi connectivity index (χ4n) is 3.04. The standard InChI is InChI=1S/C24H30F2/c1-3-5-6-8-19-9-11-20(12-10-19)13-14-21-15-17-22(18-16-21)24(26)23(25)7-4-2/h9-12,15-18H,3-8,13-14H2,1-2H3/b24-23-. The Balaban J connectivity index is 1.88. The van der Waals surface area contributed by atoms with Gasteiger partial charge in [0.2, 0.25) is 0 Å². The lowest BCUT2D eigenvalue weighted by atomic mass is 10.0. The molecule has 0 aliphatic rings. The number of rotatable bonds is 10. The van der Waals surface area contributed by atoms with Gasteiger partial charge in [-0.25, -0.2) is 8.78 Å². The van der Waals surface area contributed by atoms with Crippen molar-refractivity contribution < 1.29 is 8.78 Å². The van der Waals surface area contributed by atoms with E-state index in [-0.39, 0.29) is 6.42 Å². The van der Waals surface area contributed by atoms with Gasteiger partial charge in [0, 0.05) is 12.0 Å². The van der Waals surface area contributed by atoms with Crippen LogP contribution in [0.25, 0.3) is 5.83 Å². The van der Waals surface area contributed by atoms with E-state index in [9.17, 15) is 8.78 Å². The second-order valence-electron chi connectivity index (χ2n) is 6.94. The second-order valence-corrected chi connectivity index (χ2v) is 6.94. The maximum absolute atomic E-state index is 14.0. The molecule has 2 aromatic rings. The van der Waals surface area contributed by atoms with Crippen molar-refractivity contribution in [1.82, 2.24) is 0 Å². The van der Waals surface area contributed by atoms with Gasteiger partial charge in [-0.05, 0) is 48.8 Å². The highest BCUT2D eigenvalue weighted by atomic mass is 19.2. The minimum Gasteiger partial charge on any atom is -0.209 e. The molecule has 0 fully saturated rings. The highest BCUT2D eigenvalue weighted by molar-refractivity contribution is 5.61. The first-order valence-electron chi connectivity index (χ1n) is 9.85. The lowest BCUT2D eigenvalue weighted by molar-refractivity contribution is 0.559. The lowest BCUT2D eigenvalue weighted by Gasteiger charge is -2.06. The number of halogens is 2. The summed E-state index contributed by atoms with van der Waals surface area (Å²) in [6.45, 7) is 4.07. The monoisotopic (exact) mass is 356 g/mol. The molecule has 0 aliphatic carbocycles. The zero-order valence-corrected chi connectivity index (χ0v) is 16.0. The van der Waals surface area contributed by atoms with Crippen molar-refractivity contribution in [2.24, 2.45) is 0 Å². The molecule has 2 heteroatoms. The lowest BCUT2D eigenvalue weighted by Crippen LogP contribution is -1.93. The highest BCUT2D eigenvalue weighted by Gasteiger charge is 2.08. The zero-order valence-electron chi connectivity index (χ0n) is 16.0. The summed E-state index contributed by atoms with van der Waals surface area (Å²) >= 11 is 0. The molecule has 0 saturated carbocycles. The van der Waals surface area contributed by atoms with Crippen LogP contribution >= 0.6 is 0 Å². The average molecular weight is 357 g/mol. The van der Waals surface area contributed by atoms with E-state index < -0.39 is 11.7 Å². The van der Waals surface area contributed by atoms with Gasteiger partial charge in [-0.1, -0.05) is 75.2 Å². The molecule has 0 spiro atoms. The predicted molar refractivity (Wildman–Crippen MR) is 108 cm³/mol. The largest absolute Gasteiger partial charge is 0.209 e. The van der Waals surface area contributed by atoms with Crippen molar-refractivity contribution in [3.8, 4) is 0 Å². The normalized spacial score (nSPS) is 12.2. The summed E-state index contributed by atoms with van der Waals surface area (Å²) in [6.07, 6.45) is 7.57. The van der Waals surface area contributed by atoms with Crippen molar-refractivity contribution in [2.45, 2.75) is 65.2 Å². The summed E-state index contributed by atoms with van der Waals surface area (Å²) < 4.78 is 27.5. The van der Waals surface area contributed by atoms with E-state index in [4.69, 9.17) is 0 Å². The van der Waals surface area contributed by atoms with Gasteiger partial charge in [-0.15, -0.1) is 0 Å². The molecule has 0 unspecified atom stereocenters. The number of unbranched alkanes of at least 4 members (excludes halogenated alkanes) is 2. The quantitative estimate of drug-likeness (QED) is 0.384. The Morgan fingerprint density at radius 2 is 1.15 bits per heavy atom. The summed E-state index contributed by atoms with van der Waals surface area (Å²) in [4.78, 5) is 0. The molecule has 0 atom stereocenters. The summed E-state index contributed by atoms with van der Waals surface area (Å²) in [5.41, 5.74) is 4.19. The van der Waals surface area contributed by atoms with Crippen LogP contribution in [0.3, 0.4) is 0 Å². The molecule has 140 valence electrons. The number of hydrogen-bond acceptors (Lipinski definition) is 0. The minimum atomic E-state index is -0.725. The Bertz CT molecular complexity index is 681. The molecule has 2 rings (SSSR count). The first-order chi connectivity index (χ1) is 12.6. The van der Waals surface area contributed by atoms with Gasteiger partial charge >= 0.3 is 0 Å².